The van der Waals surface area contributed by atoms with E-state index in [-0.39, 0.29) is 0 Å². The van der Waals surface area contributed by atoms with Crippen molar-refractivity contribution in [1.29, 1.82) is 0 Å². The summed E-state index contributed by atoms with van der Waals surface area (Å²) in [6.07, 6.45) is 4.99. The number of hydrogen-bond acceptors (Lipinski definition) is 2. The summed E-state index contributed by atoms with van der Waals surface area (Å²) in [5.41, 5.74) is 2.69. The van der Waals surface area contributed by atoms with Gasteiger partial charge in [-0.25, -0.2) is 9.18 Å². The lowest BCUT2D eigenvalue weighted by atomic mass is 10.0. The van der Waals surface area contributed by atoms with Crippen LogP contribution in [0.1, 0.15) is 44.2 Å². The highest BCUT2D eigenvalue weighted by Crippen LogP contribution is 2.22. The van der Waals surface area contributed by atoms with Gasteiger partial charge in [0.1, 0.15) is 5.75 Å². The Kier molecular flexibility index (Phi) is 10.4. The third kappa shape index (κ3) is 8.51. The Balaban J connectivity index is 0.000000621. The van der Waals surface area contributed by atoms with Gasteiger partial charge in [-0.3, -0.25) is 0 Å². The van der Waals surface area contributed by atoms with Crippen molar-refractivity contribution in [2.45, 2.75) is 46.5 Å². The molecule has 0 aliphatic heterocycles. The zero-order chi connectivity index (χ0) is 15.4. The zero-order valence-electron chi connectivity index (χ0n) is 12.6. The van der Waals surface area contributed by atoms with Gasteiger partial charge >= 0.3 is 5.97 Å². The molecule has 0 aromatic heterocycles. The van der Waals surface area contributed by atoms with E-state index in [0.717, 1.165) is 18.8 Å². The maximum absolute atomic E-state index is 10.5. The number of aliphatic carboxylic acids is 1. The molecule has 114 valence electrons. The summed E-state index contributed by atoms with van der Waals surface area (Å²) in [6, 6.07) is 6.47. The highest BCUT2D eigenvalue weighted by molar-refractivity contribution is 5.67. The predicted octanol–water partition coefficient (Wildman–Crippen LogP) is 4.17. The van der Waals surface area contributed by atoms with Crippen molar-refractivity contribution in [3.8, 4) is 5.75 Å². The van der Waals surface area contributed by atoms with Crippen molar-refractivity contribution in [2.75, 3.05) is 13.3 Å². The normalized spacial score (nSPS) is 9.60. The Morgan fingerprint density at radius 3 is 2.45 bits per heavy atom. The molecule has 0 bridgehead atoms. The molecule has 3 nitrogen and oxygen atoms in total. The van der Waals surface area contributed by atoms with Gasteiger partial charge in [-0.2, -0.15) is 0 Å². The van der Waals surface area contributed by atoms with Gasteiger partial charge in [0.2, 0.25) is 0 Å². The van der Waals surface area contributed by atoms with Gasteiger partial charge in [0.05, 0.1) is 6.61 Å². The Labute approximate surface area is 120 Å². The number of benzene rings is 1. The summed E-state index contributed by atoms with van der Waals surface area (Å²) < 4.78 is 16.1. The molecule has 0 atom stereocenters. The molecule has 0 radical (unpaired) electrons. The van der Waals surface area contributed by atoms with Gasteiger partial charge in [0.15, 0.2) is 6.67 Å². The number of ether oxygens (including phenoxy) is 1. The lowest BCUT2D eigenvalue weighted by Gasteiger charge is -2.10. The fourth-order valence-corrected chi connectivity index (χ4v) is 1.77. The highest BCUT2D eigenvalue weighted by atomic mass is 19.1. The Morgan fingerprint density at radius 2 is 1.95 bits per heavy atom. The average molecular weight is 284 g/mol. The highest BCUT2D eigenvalue weighted by Gasteiger charge is 2.03. The number of unbranched alkanes of at least 4 members (excludes halogenated alkanes) is 2. The van der Waals surface area contributed by atoms with Crippen LogP contribution in [0.3, 0.4) is 0 Å². The molecule has 0 aliphatic carbocycles. The molecule has 0 heterocycles. The second kappa shape index (κ2) is 11.3. The Bertz CT molecular complexity index is 391. The van der Waals surface area contributed by atoms with E-state index in [2.05, 4.69) is 32.0 Å². The van der Waals surface area contributed by atoms with E-state index in [1.165, 1.54) is 30.4 Å². The summed E-state index contributed by atoms with van der Waals surface area (Å²) in [7, 11) is 0. The predicted molar refractivity (Wildman–Crippen MR) is 79.2 cm³/mol. The van der Waals surface area contributed by atoms with Gasteiger partial charge < -0.3 is 9.84 Å². The molecule has 0 spiro atoms. The van der Waals surface area contributed by atoms with Crippen LogP contribution >= 0.6 is 0 Å². The molecule has 1 N–H and O–H groups in total. The number of rotatable bonds is 7. The summed E-state index contributed by atoms with van der Waals surface area (Å²) >= 11 is 0. The quantitative estimate of drug-likeness (QED) is 0.764. The van der Waals surface area contributed by atoms with Gasteiger partial charge in [0, 0.05) is 0 Å². The van der Waals surface area contributed by atoms with Crippen LogP contribution < -0.4 is 4.74 Å². The van der Waals surface area contributed by atoms with Crippen molar-refractivity contribution in [3.05, 3.63) is 29.3 Å². The second-order valence-corrected chi connectivity index (χ2v) is 4.53. The molecule has 20 heavy (non-hydrogen) atoms. The first-order valence-corrected chi connectivity index (χ1v) is 7.05. The van der Waals surface area contributed by atoms with E-state index in [1.54, 1.807) is 0 Å². The minimum atomic E-state index is -1.41. The van der Waals surface area contributed by atoms with Crippen LogP contribution in [0.2, 0.25) is 0 Å². The number of carboxylic acids is 1. The largest absolute Gasteiger partial charge is 0.494 e. The van der Waals surface area contributed by atoms with Crippen LogP contribution in [0.5, 0.6) is 5.75 Å². The van der Waals surface area contributed by atoms with Crippen LogP contribution in [-0.4, -0.2) is 24.4 Å². The molecule has 1 aromatic carbocycles. The van der Waals surface area contributed by atoms with Crippen molar-refractivity contribution in [2.24, 2.45) is 0 Å². The van der Waals surface area contributed by atoms with Crippen molar-refractivity contribution in [3.63, 3.8) is 0 Å². The van der Waals surface area contributed by atoms with Crippen LogP contribution in [0.25, 0.3) is 0 Å². The number of halogens is 1. The van der Waals surface area contributed by atoms with Crippen molar-refractivity contribution >= 4 is 5.97 Å². The first-order valence-electron chi connectivity index (χ1n) is 7.05. The molecule has 1 rings (SSSR count). The van der Waals surface area contributed by atoms with Crippen molar-refractivity contribution < 1.29 is 19.0 Å². The molecule has 1 aromatic rings. The fourth-order valence-electron chi connectivity index (χ4n) is 1.77. The van der Waals surface area contributed by atoms with Crippen molar-refractivity contribution in [1.82, 2.24) is 0 Å². The Morgan fingerprint density at radius 1 is 1.30 bits per heavy atom. The summed E-state index contributed by atoms with van der Waals surface area (Å²) in [6.45, 7) is 5.89. The molecule has 0 aliphatic rings. The minimum absolute atomic E-state index is 0.754. The Hall–Kier alpha value is -1.58. The fraction of sp³-hybridized carbons (Fsp3) is 0.562. The lowest BCUT2D eigenvalue weighted by Crippen LogP contribution is -1.97. The van der Waals surface area contributed by atoms with Gasteiger partial charge in [0.25, 0.3) is 0 Å². The third-order valence-electron chi connectivity index (χ3n) is 2.68. The van der Waals surface area contributed by atoms with Gasteiger partial charge in [-0.15, -0.1) is 0 Å². The summed E-state index contributed by atoms with van der Waals surface area (Å²) in [4.78, 5) is 8.99. The SMILES string of the molecule is CCCCCc1cc(C)ccc1OCC.O=C(O)CF. The first-order chi connectivity index (χ1) is 9.54. The molecule has 0 saturated heterocycles. The topological polar surface area (TPSA) is 46.5 Å². The second-order valence-electron chi connectivity index (χ2n) is 4.53. The maximum atomic E-state index is 10.5. The number of hydrogen-bond donors (Lipinski definition) is 1. The molecular weight excluding hydrogens is 259 g/mol. The molecule has 0 unspecified atom stereocenters. The number of carboxylic acid groups (broad SMARTS) is 1. The average Bonchev–Trinajstić information content (AvgIpc) is 2.43. The van der Waals surface area contributed by atoms with E-state index in [4.69, 9.17) is 14.6 Å². The maximum Gasteiger partial charge on any atom is 0.335 e. The van der Waals surface area contributed by atoms with Gasteiger partial charge in [-0.05, 0) is 38.3 Å². The van der Waals surface area contributed by atoms with E-state index >= 15 is 0 Å². The van der Waals surface area contributed by atoms with Gasteiger partial charge in [-0.1, -0.05) is 37.5 Å². The number of alkyl halides is 1. The lowest BCUT2D eigenvalue weighted by molar-refractivity contribution is -0.137. The summed E-state index contributed by atoms with van der Waals surface area (Å²) in [5, 5.41) is 7.35. The van der Waals surface area contributed by atoms with Crippen LogP contribution in [0.4, 0.5) is 4.39 Å². The minimum Gasteiger partial charge on any atom is -0.494 e. The van der Waals surface area contributed by atoms with E-state index < -0.39 is 12.6 Å². The standard InChI is InChI=1S/C14H22O.C2H3FO2/c1-4-6-7-8-13-11-12(3)9-10-14(13)15-5-2;3-1-2(4)5/h9-11H,4-8H2,1-3H3;1H2,(H,4,5). The zero-order valence-corrected chi connectivity index (χ0v) is 12.6. The third-order valence-corrected chi connectivity index (χ3v) is 2.68. The number of aryl methyl sites for hydroxylation is 2. The van der Waals surface area contributed by atoms with Crippen LogP contribution in [0, 0.1) is 6.92 Å². The van der Waals surface area contributed by atoms with E-state index in [1.807, 2.05) is 6.92 Å². The monoisotopic (exact) mass is 284 g/mol. The molecule has 4 heteroatoms. The first kappa shape index (κ1) is 18.4. The van der Waals surface area contributed by atoms with Crippen LogP contribution in [-0.2, 0) is 11.2 Å². The number of carbonyl (C=O) groups is 1. The smallest absolute Gasteiger partial charge is 0.335 e. The molecule has 0 fully saturated rings. The molecule has 0 saturated carbocycles. The van der Waals surface area contributed by atoms with E-state index in [9.17, 15) is 4.39 Å². The van der Waals surface area contributed by atoms with E-state index in [0.29, 0.717) is 0 Å². The summed E-state index contributed by atoms with van der Waals surface area (Å²) in [5.74, 6) is -0.343. The van der Waals surface area contributed by atoms with Crippen LogP contribution in [0.15, 0.2) is 18.2 Å². The molecule has 0 amide bonds. The molecular formula is C16H25FO3.